The smallest absolute Gasteiger partial charge is 0.269 e. The second-order valence-electron chi connectivity index (χ2n) is 4.31. The number of benzene rings is 2. The van der Waals surface area contributed by atoms with Crippen molar-refractivity contribution in [1.82, 2.24) is 10.8 Å². The first-order valence-corrected chi connectivity index (χ1v) is 6.07. The molecule has 0 spiro atoms. The fourth-order valence-electron chi connectivity index (χ4n) is 1.93. The average Bonchev–Trinajstić information content (AvgIpc) is 2.50. The zero-order chi connectivity index (χ0) is 14.5. The van der Waals surface area contributed by atoms with E-state index in [1.54, 1.807) is 0 Å². The summed E-state index contributed by atoms with van der Waals surface area (Å²) < 4.78 is 0. The van der Waals surface area contributed by atoms with Crippen LogP contribution in [0, 0.1) is 0 Å². The molecule has 2 amide bonds. The second-order valence-corrected chi connectivity index (χ2v) is 4.31. The minimum atomic E-state index is -1.44. The van der Waals surface area contributed by atoms with Gasteiger partial charge in [0.05, 0.1) is 0 Å². The largest absolute Gasteiger partial charge is 0.350 e. The van der Waals surface area contributed by atoms with Crippen LogP contribution in [0.3, 0.4) is 0 Å². The van der Waals surface area contributed by atoms with Crippen LogP contribution in [0.4, 0.5) is 0 Å². The van der Waals surface area contributed by atoms with Gasteiger partial charge in [0.1, 0.15) is 0 Å². The zero-order valence-electron chi connectivity index (χ0n) is 10.7. The van der Waals surface area contributed by atoms with Crippen LogP contribution >= 0.6 is 0 Å². The summed E-state index contributed by atoms with van der Waals surface area (Å²) in [5.41, 5.74) is 7.64. The summed E-state index contributed by atoms with van der Waals surface area (Å²) in [6, 6.07) is 12.1. The first-order chi connectivity index (χ1) is 9.63. The van der Waals surface area contributed by atoms with Crippen molar-refractivity contribution in [3.8, 4) is 0 Å². The number of rotatable bonds is 4. The number of amides is 2. The van der Waals surface area contributed by atoms with Crippen LogP contribution in [0.2, 0.25) is 0 Å². The van der Waals surface area contributed by atoms with E-state index in [9.17, 15) is 9.59 Å². The van der Waals surface area contributed by atoms with Gasteiger partial charge in [-0.25, -0.2) is 5.48 Å². The van der Waals surface area contributed by atoms with Gasteiger partial charge in [-0.15, -0.1) is 0 Å². The molecule has 0 radical (unpaired) electrons. The molecule has 0 aliphatic heterocycles. The van der Waals surface area contributed by atoms with Crippen molar-refractivity contribution in [3.05, 3.63) is 48.0 Å². The summed E-state index contributed by atoms with van der Waals surface area (Å²) in [4.78, 5) is 22.7. The molecule has 104 valence electrons. The predicted octanol–water partition coefficient (Wildman–Crippen LogP) is 0.289. The van der Waals surface area contributed by atoms with Crippen LogP contribution in [0.1, 0.15) is 5.56 Å². The van der Waals surface area contributed by atoms with Crippen LogP contribution < -0.4 is 16.5 Å². The molecule has 0 aliphatic rings. The van der Waals surface area contributed by atoms with Gasteiger partial charge in [0.25, 0.3) is 5.91 Å². The molecule has 2 aromatic carbocycles. The fourth-order valence-corrected chi connectivity index (χ4v) is 1.93. The van der Waals surface area contributed by atoms with Crippen molar-refractivity contribution in [2.75, 3.05) is 0 Å². The molecular formula is C14H15N3O3. The van der Waals surface area contributed by atoms with Gasteiger partial charge in [-0.05, 0) is 16.3 Å². The van der Waals surface area contributed by atoms with Gasteiger partial charge in [-0.3, -0.25) is 14.8 Å². The lowest BCUT2D eigenvalue weighted by atomic mass is 10.0. The van der Waals surface area contributed by atoms with Gasteiger partial charge in [0.2, 0.25) is 5.91 Å². The molecule has 0 saturated carbocycles. The van der Waals surface area contributed by atoms with E-state index in [-0.39, 0.29) is 6.54 Å². The predicted molar refractivity (Wildman–Crippen MR) is 73.7 cm³/mol. The Kier molecular flexibility index (Phi) is 4.29. The van der Waals surface area contributed by atoms with Gasteiger partial charge in [0.15, 0.2) is 6.04 Å². The van der Waals surface area contributed by atoms with Gasteiger partial charge >= 0.3 is 0 Å². The number of hydrogen-bond acceptors (Lipinski definition) is 4. The molecule has 1 atom stereocenters. The maximum absolute atomic E-state index is 11.6. The minimum absolute atomic E-state index is 0.257. The van der Waals surface area contributed by atoms with Crippen molar-refractivity contribution >= 4 is 22.6 Å². The summed E-state index contributed by atoms with van der Waals surface area (Å²) in [5, 5.41) is 13.1. The SMILES string of the molecule is NC(C(=O)NO)C(=O)NCc1cccc2ccccc12. The first-order valence-electron chi connectivity index (χ1n) is 6.07. The fraction of sp³-hybridized carbons (Fsp3) is 0.143. The molecule has 0 saturated heterocycles. The highest BCUT2D eigenvalue weighted by Crippen LogP contribution is 2.18. The molecule has 0 aliphatic carbocycles. The monoisotopic (exact) mass is 273 g/mol. The van der Waals surface area contributed by atoms with E-state index in [0.29, 0.717) is 0 Å². The number of fused-ring (bicyclic) bond motifs is 1. The number of carbonyl (C=O) groups is 2. The number of nitrogens with two attached hydrogens (primary N) is 1. The van der Waals surface area contributed by atoms with Crippen molar-refractivity contribution in [2.24, 2.45) is 5.73 Å². The molecule has 6 heteroatoms. The van der Waals surface area contributed by atoms with Crippen molar-refractivity contribution in [2.45, 2.75) is 12.6 Å². The highest BCUT2D eigenvalue weighted by Gasteiger charge is 2.21. The highest BCUT2D eigenvalue weighted by molar-refractivity contribution is 6.03. The average molecular weight is 273 g/mol. The lowest BCUT2D eigenvalue weighted by molar-refractivity contribution is -0.136. The van der Waals surface area contributed by atoms with Crippen LogP contribution in [0.5, 0.6) is 0 Å². The van der Waals surface area contributed by atoms with Crippen LogP contribution in [-0.2, 0) is 16.1 Å². The summed E-state index contributed by atoms with van der Waals surface area (Å²) in [7, 11) is 0. The lowest BCUT2D eigenvalue weighted by Crippen LogP contribution is -2.50. The Morgan fingerprint density at radius 3 is 2.55 bits per heavy atom. The molecule has 0 fully saturated rings. The zero-order valence-corrected chi connectivity index (χ0v) is 10.7. The van der Waals surface area contributed by atoms with E-state index in [2.05, 4.69) is 5.32 Å². The van der Waals surface area contributed by atoms with E-state index in [4.69, 9.17) is 10.9 Å². The van der Waals surface area contributed by atoms with Gasteiger partial charge < -0.3 is 11.1 Å². The Balaban J connectivity index is 2.10. The molecular weight excluding hydrogens is 258 g/mol. The molecule has 0 heterocycles. The normalized spacial score (nSPS) is 11.9. The van der Waals surface area contributed by atoms with Gasteiger partial charge in [-0.1, -0.05) is 42.5 Å². The highest BCUT2D eigenvalue weighted by atomic mass is 16.5. The summed E-state index contributed by atoms with van der Waals surface area (Å²) >= 11 is 0. The van der Waals surface area contributed by atoms with Gasteiger partial charge in [-0.2, -0.15) is 0 Å². The van der Waals surface area contributed by atoms with E-state index >= 15 is 0 Å². The van der Waals surface area contributed by atoms with Gasteiger partial charge in [0, 0.05) is 6.54 Å². The van der Waals surface area contributed by atoms with E-state index in [0.717, 1.165) is 16.3 Å². The van der Waals surface area contributed by atoms with Crippen LogP contribution in [-0.4, -0.2) is 23.1 Å². The quantitative estimate of drug-likeness (QED) is 0.365. The molecule has 5 N–H and O–H groups in total. The lowest BCUT2D eigenvalue weighted by Gasteiger charge is -2.11. The summed E-state index contributed by atoms with van der Waals surface area (Å²) in [6.07, 6.45) is 0. The molecule has 6 nitrogen and oxygen atoms in total. The summed E-state index contributed by atoms with van der Waals surface area (Å²) in [5.74, 6) is -1.59. The molecule has 1 unspecified atom stereocenters. The minimum Gasteiger partial charge on any atom is -0.350 e. The molecule has 2 aromatic rings. The Bertz CT molecular complexity index is 637. The molecule has 20 heavy (non-hydrogen) atoms. The van der Waals surface area contributed by atoms with Crippen LogP contribution in [0.25, 0.3) is 10.8 Å². The number of nitrogens with one attached hydrogen (secondary N) is 2. The Morgan fingerprint density at radius 1 is 1.10 bits per heavy atom. The Labute approximate surface area is 115 Å². The number of hydroxylamine groups is 1. The number of hydrogen-bond donors (Lipinski definition) is 4. The van der Waals surface area contributed by atoms with Crippen molar-refractivity contribution in [3.63, 3.8) is 0 Å². The van der Waals surface area contributed by atoms with E-state index in [1.807, 2.05) is 42.5 Å². The van der Waals surface area contributed by atoms with Crippen molar-refractivity contribution < 1.29 is 14.8 Å². The topological polar surface area (TPSA) is 104 Å². The third-order valence-corrected chi connectivity index (χ3v) is 3.01. The van der Waals surface area contributed by atoms with E-state index in [1.165, 1.54) is 5.48 Å². The third-order valence-electron chi connectivity index (χ3n) is 3.01. The maximum Gasteiger partial charge on any atom is 0.269 e. The molecule has 0 bridgehead atoms. The first kappa shape index (κ1) is 14.0. The maximum atomic E-state index is 11.6. The standard InChI is InChI=1S/C14H15N3O3/c15-12(14(19)17-20)13(18)16-8-10-6-3-5-9-4-1-2-7-11(9)10/h1-7,12,20H,8,15H2,(H,16,18)(H,17,19). The Hall–Kier alpha value is -2.44. The van der Waals surface area contributed by atoms with Crippen molar-refractivity contribution in [1.29, 1.82) is 0 Å². The third kappa shape index (κ3) is 2.93. The Morgan fingerprint density at radius 2 is 1.80 bits per heavy atom. The molecule has 2 rings (SSSR count). The van der Waals surface area contributed by atoms with Crippen LogP contribution in [0.15, 0.2) is 42.5 Å². The number of carbonyl (C=O) groups excluding carboxylic acids is 2. The van der Waals surface area contributed by atoms with E-state index < -0.39 is 17.9 Å². The molecule has 0 aromatic heterocycles. The second kappa shape index (κ2) is 6.14. The summed E-state index contributed by atoms with van der Waals surface area (Å²) in [6.45, 7) is 0.257.